The maximum atomic E-state index is 12.5. The summed E-state index contributed by atoms with van der Waals surface area (Å²) in [6.07, 6.45) is 0.716. The Labute approximate surface area is 151 Å². The molecular weight excluding hydrogens is 336 g/mol. The third-order valence-corrected chi connectivity index (χ3v) is 5.48. The van der Waals surface area contributed by atoms with Crippen molar-refractivity contribution in [2.24, 2.45) is 0 Å². The van der Waals surface area contributed by atoms with Crippen molar-refractivity contribution in [3.05, 3.63) is 46.5 Å². The molecular formula is C18H22N4O2S. The molecule has 2 aliphatic rings. The molecule has 1 unspecified atom stereocenters. The molecule has 7 heteroatoms. The Morgan fingerprint density at radius 2 is 2.12 bits per heavy atom. The first kappa shape index (κ1) is 16.7. The molecule has 25 heavy (non-hydrogen) atoms. The van der Waals surface area contributed by atoms with Crippen LogP contribution in [0.3, 0.4) is 0 Å². The Bertz CT molecular complexity index is 742. The Morgan fingerprint density at radius 3 is 2.96 bits per heavy atom. The summed E-state index contributed by atoms with van der Waals surface area (Å²) >= 11 is 1.49. The number of ether oxygens (including phenoxy) is 1. The van der Waals surface area contributed by atoms with E-state index < -0.39 is 0 Å². The number of nitrogens with one attached hydrogen (secondary N) is 2. The molecule has 0 spiro atoms. The molecule has 0 aliphatic carbocycles. The number of amides is 1. The van der Waals surface area contributed by atoms with E-state index >= 15 is 0 Å². The summed E-state index contributed by atoms with van der Waals surface area (Å²) in [5.41, 5.74) is 3.52. The molecule has 1 aromatic heterocycles. The van der Waals surface area contributed by atoms with Crippen LogP contribution in [-0.2, 0) is 29.0 Å². The van der Waals surface area contributed by atoms with Crippen LogP contribution in [0.15, 0.2) is 29.6 Å². The van der Waals surface area contributed by atoms with E-state index in [1.807, 2.05) is 17.5 Å². The van der Waals surface area contributed by atoms with Crippen LogP contribution in [0.1, 0.15) is 16.8 Å². The van der Waals surface area contributed by atoms with Gasteiger partial charge in [0.2, 0.25) is 5.91 Å². The van der Waals surface area contributed by atoms with Crippen LogP contribution >= 0.6 is 11.3 Å². The van der Waals surface area contributed by atoms with Gasteiger partial charge in [-0.15, -0.1) is 11.3 Å². The number of carbonyl (C=O) groups is 1. The number of hydrogen-bond acceptors (Lipinski definition) is 6. The minimum Gasteiger partial charge on any atom is -0.379 e. The number of nitrogens with zero attached hydrogens (tertiary/aromatic N) is 2. The van der Waals surface area contributed by atoms with E-state index in [1.54, 1.807) is 0 Å². The van der Waals surface area contributed by atoms with Crippen molar-refractivity contribution < 1.29 is 9.53 Å². The van der Waals surface area contributed by atoms with Gasteiger partial charge in [0.25, 0.3) is 0 Å². The van der Waals surface area contributed by atoms with Crippen LogP contribution in [0.5, 0.6) is 0 Å². The second-order valence-corrected chi connectivity index (χ2v) is 7.29. The molecule has 2 aliphatic heterocycles. The van der Waals surface area contributed by atoms with Gasteiger partial charge in [-0.05, 0) is 17.5 Å². The van der Waals surface area contributed by atoms with E-state index in [-0.39, 0.29) is 11.9 Å². The summed E-state index contributed by atoms with van der Waals surface area (Å²) in [6.45, 7) is 4.97. The predicted octanol–water partition coefficient (Wildman–Crippen LogP) is 1.63. The second kappa shape index (κ2) is 7.61. The number of morpholine rings is 1. The molecule has 1 saturated heterocycles. The lowest BCUT2D eigenvalue weighted by molar-refractivity contribution is -0.118. The number of aromatic nitrogens is 1. The first-order valence-corrected chi connectivity index (χ1v) is 9.51. The zero-order valence-corrected chi connectivity index (χ0v) is 14.8. The summed E-state index contributed by atoms with van der Waals surface area (Å²) in [5.74, 6) is -0.0122. The van der Waals surface area contributed by atoms with Crippen molar-refractivity contribution >= 4 is 22.4 Å². The van der Waals surface area contributed by atoms with Crippen molar-refractivity contribution in [3.63, 3.8) is 0 Å². The Kier molecular flexibility index (Phi) is 5.07. The quantitative estimate of drug-likeness (QED) is 0.870. The average Bonchev–Trinajstić information content (AvgIpc) is 3.09. The molecule has 2 N–H and O–H groups in total. The standard InChI is InChI=1S/C18H22N4O2S/c23-17(16-9-13-3-1-2-4-14(13)10-19-16)21-18-20-15(12-25-18)11-22-5-7-24-8-6-22/h1-4,12,16,19H,5-11H2,(H,20,21,23). The van der Waals surface area contributed by atoms with Crippen LogP contribution in [0, 0.1) is 0 Å². The van der Waals surface area contributed by atoms with Crippen LogP contribution < -0.4 is 10.6 Å². The molecule has 3 heterocycles. The molecule has 0 radical (unpaired) electrons. The summed E-state index contributed by atoms with van der Waals surface area (Å²) in [7, 11) is 0. The molecule has 0 bridgehead atoms. The zero-order valence-electron chi connectivity index (χ0n) is 14.0. The Balaban J connectivity index is 1.34. The first-order chi connectivity index (χ1) is 12.3. The van der Waals surface area contributed by atoms with Crippen LogP contribution in [0.4, 0.5) is 5.13 Å². The number of benzene rings is 1. The van der Waals surface area contributed by atoms with Gasteiger partial charge in [0.15, 0.2) is 5.13 Å². The SMILES string of the molecule is O=C(Nc1nc(CN2CCOCC2)cs1)C1Cc2ccccc2CN1. The molecule has 1 amide bonds. The maximum absolute atomic E-state index is 12.5. The monoisotopic (exact) mass is 358 g/mol. The van der Waals surface area contributed by atoms with E-state index in [0.717, 1.165) is 45.1 Å². The summed E-state index contributed by atoms with van der Waals surface area (Å²) in [4.78, 5) is 19.4. The third kappa shape index (κ3) is 4.07. The van der Waals surface area contributed by atoms with Crippen molar-refractivity contribution in [1.29, 1.82) is 0 Å². The lowest BCUT2D eigenvalue weighted by atomic mass is 9.95. The van der Waals surface area contributed by atoms with Crippen molar-refractivity contribution in [1.82, 2.24) is 15.2 Å². The van der Waals surface area contributed by atoms with Crippen molar-refractivity contribution in [2.45, 2.75) is 25.6 Å². The Morgan fingerprint density at radius 1 is 1.32 bits per heavy atom. The molecule has 1 fully saturated rings. The van der Waals surface area contributed by atoms with Gasteiger partial charge in [-0.2, -0.15) is 0 Å². The van der Waals surface area contributed by atoms with E-state index in [4.69, 9.17) is 4.74 Å². The van der Waals surface area contributed by atoms with Crippen LogP contribution in [-0.4, -0.2) is 48.1 Å². The van der Waals surface area contributed by atoms with E-state index in [2.05, 4.69) is 32.7 Å². The highest BCUT2D eigenvalue weighted by Crippen LogP contribution is 2.20. The normalized spacial score (nSPS) is 20.9. The van der Waals surface area contributed by atoms with E-state index in [9.17, 15) is 4.79 Å². The van der Waals surface area contributed by atoms with Crippen LogP contribution in [0.25, 0.3) is 0 Å². The van der Waals surface area contributed by atoms with Crippen LogP contribution in [0.2, 0.25) is 0 Å². The van der Waals surface area contributed by atoms with Crippen molar-refractivity contribution in [3.8, 4) is 0 Å². The lowest BCUT2D eigenvalue weighted by Crippen LogP contribution is -2.44. The highest BCUT2D eigenvalue weighted by atomic mass is 32.1. The van der Waals surface area contributed by atoms with Crippen molar-refractivity contribution in [2.75, 3.05) is 31.6 Å². The van der Waals surface area contributed by atoms with E-state index in [1.165, 1.54) is 22.5 Å². The van der Waals surface area contributed by atoms with Gasteiger partial charge in [-0.3, -0.25) is 9.69 Å². The smallest absolute Gasteiger partial charge is 0.243 e. The first-order valence-electron chi connectivity index (χ1n) is 8.63. The molecule has 132 valence electrons. The molecule has 1 atom stereocenters. The molecule has 4 rings (SSSR count). The number of hydrogen-bond donors (Lipinski definition) is 2. The van der Waals surface area contributed by atoms with Gasteiger partial charge in [-0.25, -0.2) is 4.98 Å². The Hall–Kier alpha value is -1.80. The van der Waals surface area contributed by atoms with Gasteiger partial charge in [0.05, 0.1) is 24.9 Å². The van der Waals surface area contributed by atoms with Gasteiger partial charge in [-0.1, -0.05) is 24.3 Å². The fraction of sp³-hybridized carbons (Fsp3) is 0.444. The minimum atomic E-state index is -0.207. The zero-order chi connectivity index (χ0) is 17.1. The topological polar surface area (TPSA) is 66.5 Å². The summed E-state index contributed by atoms with van der Waals surface area (Å²) in [6, 6.07) is 8.06. The number of thiazole rings is 1. The molecule has 1 aromatic carbocycles. The minimum absolute atomic E-state index is 0.0122. The lowest BCUT2D eigenvalue weighted by Gasteiger charge is -2.25. The summed E-state index contributed by atoms with van der Waals surface area (Å²) < 4.78 is 5.36. The fourth-order valence-corrected chi connectivity index (χ4v) is 3.96. The summed E-state index contributed by atoms with van der Waals surface area (Å²) in [5, 5.41) is 8.97. The molecule has 6 nitrogen and oxygen atoms in total. The number of fused-ring (bicyclic) bond motifs is 1. The van der Waals surface area contributed by atoms with E-state index in [0.29, 0.717) is 11.6 Å². The third-order valence-electron chi connectivity index (χ3n) is 4.67. The second-order valence-electron chi connectivity index (χ2n) is 6.43. The highest BCUT2D eigenvalue weighted by Gasteiger charge is 2.24. The molecule has 2 aromatic rings. The average molecular weight is 358 g/mol. The largest absolute Gasteiger partial charge is 0.379 e. The molecule has 0 saturated carbocycles. The number of anilines is 1. The maximum Gasteiger partial charge on any atom is 0.243 e. The number of carbonyl (C=O) groups excluding carboxylic acids is 1. The highest BCUT2D eigenvalue weighted by molar-refractivity contribution is 7.13. The van der Waals surface area contributed by atoms with Gasteiger partial charge in [0, 0.05) is 31.6 Å². The van der Waals surface area contributed by atoms with Gasteiger partial charge in [0.1, 0.15) is 0 Å². The fourth-order valence-electron chi connectivity index (χ4n) is 3.26. The number of rotatable bonds is 4. The predicted molar refractivity (Wildman–Crippen MR) is 97.6 cm³/mol. The van der Waals surface area contributed by atoms with Gasteiger partial charge < -0.3 is 15.4 Å². The van der Waals surface area contributed by atoms with Gasteiger partial charge >= 0.3 is 0 Å².